The van der Waals surface area contributed by atoms with Crippen LogP contribution in [-0.2, 0) is 4.74 Å². The van der Waals surface area contributed by atoms with E-state index in [0.717, 1.165) is 0 Å². The van der Waals surface area contributed by atoms with Gasteiger partial charge in [-0.2, -0.15) is 15.1 Å². The molecule has 3 heterocycles. The first-order chi connectivity index (χ1) is 9.52. The number of nitrogens with one attached hydrogen (secondary N) is 1. The number of fused-ring (bicyclic) bond motifs is 1. The van der Waals surface area contributed by atoms with Crippen molar-refractivity contribution in [2.24, 2.45) is 0 Å². The van der Waals surface area contributed by atoms with Crippen LogP contribution in [0, 0.1) is 0 Å². The van der Waals surface area contributed by atoms with Crippen LogP contribution in [0.4, 0.5) is 0 Å². The Morgan fingerprint density at radius 3 is 2.55 bits per heavy atom. The van der Waals surface area contributed by atoms with Crippen molar-refractivity contribution in [3.8, 4) is 11.9 Å². The van der Waals surface area contributed by atoms with Gasteiger partial charge in [-0.05, 0) is 0 Å². The number of aromatic hydroxyl groups is 2. The van der Waals surface area contributed by atoms with Crippen LogP contribution in [0.5, 0.6) is 11.9 Å². The second-order valence-corrected chi connectivity index (χ2v) is 4.44. The number of nitrogens with zero attached hydrogens (tertiary/aromatic N) is 3. The summed E-state index contributed by atoms with van der Waals surface area (Å²) in [7, 11) is 0. The van der Waals surface area contributed by atoms with Gasteiger partial charge in [-0.1, -0.05) is 0 Å². The summed E-state index contributed by atoms with van der Waals surface area (Å²) in [6.45, 7) is -0.472. The van der Waals surface area contributed by atoms with E-state index in [1.165, 1.54) is 0 Å². The van der Waals surface area contributed by atoms with Gasteiger partial charge in [0.1, 0.15) is 35.5 Å². The molecular weight excluding hydrogens is 272 g/mol. The van der Waals surface area contributed by atoms with Crippen molar-refractivity contribution >= 4 is 11.0 Å². The molecule has 0 aliphatic carbocycles. The molecule has 1 fully saturated rings. The predicted molar refractivity (Wildman–Crippen MR) is 61.7 cm³/mol. The van der Waals surface area contributed by atoms with Crippen LogP contribution < -0.4 is 0 Å². The van der Waals surface area contributed by atoms with E-state index < -0.39 is 42.9 Å². The number of hydrogen-bond acceptors (Lipinski definition) is 9. The van der Waals surface area contributed by atoms with Gasteiger partial charge < -0.3 is 30.3 Å². The molecule has 20 heavy (non-hydrogen) atoms. The lowest BCUT2D eigenvalue weighted by Gasteiger charge is -2.12. The molecule has 10 heteroatoms. The van der Waals surface area contributed by atoms with E-state index in [4.69, 9.17) is 9.84 Å². The lowest BCUT2D eigenvalue weighted by atomic mass is 10.0. The molecule has 1 unspecified atom stereocenters. The summed E-state index contributed by atoms with van der Waals surface area (Å²) in [4.78, 5) is 7.01. The summed E-state index contributed by atoms with van der Waals surface area (Å²) >= 11 is 0. The highest BCUT2D eigenvalue weighted by Gasteiger charge is 2.45. The summed E-state index contributed by atoms with van der Waals surface area (Å²) in [5.74, 6) is -0.533. The van der Waals surface area contributed by atoms with Gasteiger partial charge in [-0.3, -0.25) is 5.10 Å². The van der Waals surface area contributed by atoms with Crippen molar-refractivity contribution in [1.29, 1.82) is 0 Å². The van der Waals surface area contributed by atoms with Crippen molar-refractivity contribution < 1.29 is 30.3 Å². The highest BCUT2D eigenvalue weighted by molar-refractivity contribution is 5.83. The van der Waals surface area contributed by atoms with Gasteiger partial charge in [0, 0.05) is 0 Å². The SMILES string of the molecule is OC[C@H]1OC(c2n[nH]c3nc(O)nc(O)c23)[C@H](O)[C@@H]1O. The van der Waals surface area contributed by atoms with Gasteiger partial charge in [0.2, 0.25) is 5.88 Å². The molecular formula is C10H12N4O6. The van der Waals surface area contributed by atoms with E-state index in [0.29, 0.717) is 0 Å². The molecule has 1 aliphatic rings. The van der Waals surface area contributed by atoms with E-state index in [2.05, 4.69) is 20.2 Å². The zero-order valence-corrected chi connectivity index (χ0v) is 10.0. The summed E-state index contributed by atoms with van der Waals surface area (Å²) in [5.41, 5.74) is 0.141. The van der Waals surface area contributed by atoms with Crippen LogP contribution in [0.3, 0.4) is 0 Å². The molecule has 0 bridgehead atoms. The van der Waals surface area contributed by atoms with Crippen LogP contribution in [0.2, 0.25) is 0 Å². The molecule has 0 saturated carbocycles. The Morgan fingerprint density at radius 1 is 1.15 bits per heavy atom. The van der Waals surface area contributed by atoms with E-state index >= 15 is 0 Å². The first-order valence-electron chi connectivity index (χ1n) is 5.79. The maximum absolute atomic E-state index is 9.92. The fourth-order valence-electron chi connectivity index (χ4n) is 2.25. The van der Waals surface area contributed by atoms with Crippen LogP contribution in [0.1, 0.15) is 11.8 Å². The maximum Gasteiger partial charge on any atom is 0.319 e. The third kappa shape index (κ3) is 1.78. The number of hydrogen-bond donors (Lipinski definition) is 6. The van der Waals surface area contributed by atoms with E-state index in [1.54, 1.807) is 0 Å². The zero-order chi connectivity index (χ0) is 14.4. The molecule has 2 aromatic heterocycles. The van der Waals surface area contributed by atoms with Crippen LogP contribution >= 0.6 is 0 Å². The van der Waals surface area contributed by atoms with Gasteiger partial charge in [-0.25, -0.2) is 0 Å². The summed E-state index contributed by atoms with van der Waals surface area (Å²) in [6.07, 6.45) is -4.62. The van der Waals surface area contributed by atoms with Crippen molar-refractivity contribution in [1.82, 2.24) is 20.2 Å². The van der Waals surface area contributed by atoms with Crippen molar-refractivity contribution in [2.75, 3.05) is 6.61 Å². The van der Waals surface area contributed by atoms with Crippen LogP contribution in [-0.4, -0.2) is 70.6 Å². The monoisotopic (exact) mass is 284 g/mol. The molecule has 1 aliphatic heterocycles. The Hall–Kier alpha value is -2.01. The second kappa shape index (κ2) is 4.52. The Balaban J connectivity index is 2.07. The minimum absolute atomic E-state index is 0.0581. The number of aromatic amines is 1. The van der Waals surface area contributed by atoms with Crippen LogP contribution in [0.25, 0.3) is 11.0 Å². The largest absolute Gasteiger partial charge is 0.493 e. The third-order valence-corrected chi connectivity index (χ3v) is 3.23. The number of aromatic nitrogens is 4. The molecule has 0 aromatic carbocycles. The quantitative estimate of drug-likeness (QED) is 0.363. The normalized spacial score (nSPS) is 30.1. The second-order valence-electron chi connectivity index (χ2n) is 4.44. The van der Waals surface area contributed by atoms with Gasteiger partial charge >= 0.3 is 6.01 Å². The summed E-state index contributed by atoms with van der Waals surface area (Å²) in [5, 5.41) is 54.0. The van der Waals surface area contributed by atoms with Crippen molar-refractivity contribution in [3.05, 3.63) is 5.69 Å². The minimum Gasteiger partial charge on any atom is -0.493 e. The van der Waals surface area contributed by atoms with Gasteiger partial charge in [0.25, 0.3) is 0 Å². The molecule has 10 nitrogen and oxygen atoms in total. The van der Waals surface area contributed by atoms with Gasteiger partial charge in [0.15, 0.2) is 5.65 Å². The topological polar surface area (TPSA) is 165 Å². The fourth-order valence-corrected chi connectivity index (χ4v) is 2.25. The van der Waals surface area contributed by atoms with Gasteiger partial charge in [-0.15, -0.1) is 0 Å². The number of ether oxygens (including phenoxy) is 1. The number of aliphatic hydroxyl groups excluding tert-OH is 3. The lowest BCUT2D eigenvalue weighted by molar-refractivity contribution is -0.0235. The van der Waals surface area contributed by atoms with Crippen LogP contribution in [0.15, 0.2) is 0 Å². The Labute approximate surface area is 111 Å². The van der Waals surface area contributed by atoms with Crippen molar-refractivity contribution in [2.45, 2.75) is 24.4 Å². The molecule has 6 N–H and O–H groups in total. The molecule has 0 amide bonds. The standard InChI is InChI=1S/C10H12N4O6/c15-1-2-5(16)6(17)7(20-2)4-3-8(14-13-4)11-10(19)12-9(3)18/h2,5-7,15-17H,1H2,(H3,11,12,13,14,18,19)/t2-,5-,6-,7?/m1/s1. The third-order valence-electron chi connectivity index (χ3n) is 3.23. The number of aliphatic hydroxyl groups is 3. The Bertz CT molecular complexity index is 646. The Morgan fingerprint density at radius 2 is 1.90 bits per heavy atom. The fraction of sp³-hybridized carbons (Fsp3) is 0.500. The number of rotatable bonds is 2. The first-order valence-corrected chi connectivity index (χ1v) is 5.79. The predicted octanol–water partition coefficient (Wildman–Crippen LogP) is -2.08. The molecule has 1 saturated heterocycles. The van der Waals surface area contributed by atoms with Gasteiger partial charge in [0.05, 0.1) is 6.61 Å². The van der Waals surface area contributed by atoms with E-state index in [1.807, 2.05) is 0 Å². The van der Waals surface area contributed by atoms with E-state index in [9.17, 15) is 20.4 Å². The Kier molecular flexibility index (Phi) is 2.94. The van der Waals surface area contributed by atoms with E-state index in [-0.39, 0.29) is 16.7 Å². The summed E-state index contributed by atoms with van der Waals surface area (Å²) < 4.78 is 5.31. The smallest absolute Gasteiger partial charge is 0.319 e. The molecule has 0 radical (unpaired) electrons. The molecule has 2 aromatic rings. The zero-order valence-electron chi connectivity index (χ0n) is 10.0. The minimum atomic E-state index is -1.33. The highest BCUT2D eigenvalue weighted by atomic mass is 16.6. The average Bonchev–Trinajstić information content (AvgIpc) is 2.93. The maximum atomic E-state index is 9.92. The average molecular weight is 284 g/mol. The lowest BCUT2D eigenvalue weighted by Crippen LogP contribution is -2.32. The molecule has 0 spiro atoms. The number of H-pyrrole nitrogens is 1. The molecule has 3 rings (SSSR count). The highest BCUT2D eigenvalue weighted by Crippen LogP contribution is 2.37. The summed E-state index contributed by atoms with van der Waals surface area (Å²) in [6, 6.07) is -0.633. The first kappa shape index (κ1) is 13.0. The van der Waals surface area contributed by atoms with Crippen molar-refractivity contribution in [3.63, 3.8) is 0 Å². The molecule has 108 valence electrons. The molecule has 4 atom stereocenters.